The van der Waals surface area contributed by atoms with Gasteiger partial charge in [0, 0.05) is 41.8 Å². The highest BCUT2D eigenvalue weighted by Gasteiger charge is 2.25. The Morgan fingerprint density at radius 3 is 2.28 bits per heavy atom. The van der Waals surface area contributed by atoms with E-state index in [2.05, 4.69) is 160 Å². The third kappa shape index (κ3) is 3.54. The molecule has 2 aromatic heterocycles. The van der Waals surface area contributed by atoms with Crippen molar-refractivity contribution in [2.75, 3.05) is 23.5 Å². The summed E-state index contributed by atoms with van der Waals surface area (Å²) in [5.74, 6) is 0.983. The van der Waals surface area contributed by atoms with Gasteiger partial charge < -0.3 is 18.9 Å². The number of aromatic nitrogens is 3. The van der Waals surface area contributed by atoms with Gasteiger partial charge in [-0.2, -0.15) is 0 Å². The maximum absolute atomic E-state index is 5.23. The third-order valence-corrected chi connectivity index (χ3v) is 10.1. The van der Waals surface area contributed by atoms with Gasteiger partial charge in [-0.15, -0.1) is 0 Å². The summed E-state index contributed by atoms with van der Waals surface area (Å²) in [6.07, 6.45) is 0.979. The lowest BCUT2D eigenvalue weighted by atomic mass is 10.1. The third-order valence-electron chi connectivity index (χ3n) is 10.1. The van der Waals surface area contributed by atoms with Gasteiger partial charge in [-0.25, -0.2) is 4.98 Å². The average Bonchev–Trinajstić information content (AvgIpc) is 3.83. The standard InChI is InChI=1S/C41H31N5/c1-43-25-45(38-17-8-7-16-37(38)43)29-11-9-12-30(23-29)46-36-15-6-5-14-32(36)33-19-18-27(21-39(33)46)41-42-35-24-34-28(22-40(35)44(41)2)20-26-10-3-4-13-31(26)34/h3-19,21-24H,20,25H2,1-2H3. The second kappa shape index (κ2) is 9.35. The topological polar surface area (TPSA) is 29.2 Å². The molecule has 0 bridgehead atoms. The van der Waals surface area contributed by atoms with Gasteiger partial charge in [0.25, 0.3) is 0 Å². The number of hydrogen-bond donors (Lipinski definition) is 0. The van der Waals surface area contributed by atoms with E-state index >= 15 is 0 Å². The monoisotopic (exact) mass is 593 g/mol. The highest BCUT2D eigenvalue weighted by Crippen LogP contribution is 2.42. The summed E-state index contributed by atoms with van der Waals surface area (Å²) in [4.78, 5) is 9.93. The van der Waals surface area contributed by atoms with E-state index in [1.165, 1.54) is 66.6 Å². The summed E-state index contributed by atoms with van der Waals surface area (Å²) >= 11 is 0. The van der Waals surface area contributed by atoms with E-state index in [0.29, 0.717) is 0 Å². The highest BCUT2D eigenvalue weighted by molar-refractivity contribution is 6.10. The molecule has 5 heteroatoms. The zero-order valence-electron chi connectivity index (χ0n) is 25.8. The van der Waals surface area contributed by atoms with E-state index in [4.69, 9.17) is 4.98 Å². The Morgan fingerprint density at radius 1 is 0.565 bits per heavy atom. The van der Waals surface area contributed by atoms with Crippen LogP contribution in [0.15, 0.2) is 127 Å². The lowest BCUT2D eigenvalue weighted by Gasteiger charge is -2.21. The van der Waals surface area contributed by atoms with Crippen molar-refractivity contribution in [1.82, 2.24) is 14.1 Å². The second-order valence-electron chi connectivity index (χ2n) is 12.7. The molecule has 1 aliphatic carbocycles. The molecule has 6 aromatic carbocycles. The number of anilines is 3. The molecule has 0 spiro atoms. The zero-order valence-corrected chi connectivity index (χ0v) is 25.8. The summed E-state index contributed by atoms with van der Waals surface area (Å²) in [5.41, 5.74) is 16.0. The Bertz CT molecular complexity index is 2530. The fraction of sp³-hybridized carbons (Fsp3) is 0.0976. The molecule has 0 atom stereocenters. The van der Waals surface area contributed by atoms with Crippen LogP contribution in [0.3, 0.4) is 0 Å². The van der Waals surface area contributed by atoms with Crippen molar-refractivity contribution in [3.8, 4) is 28.2 Å². The average molecular weight is 594 g/mol. The maximum Gasteiger partial charge on any atom is 0.140 e. The first-order valence-corrected chi connectivity index (χ1v) is 15.9. The first-order valence-electron chi connectivity index (χ1n) is 15.9. The smallest absolute Gasteiger partial charge is 0.140 e. The lowest BCUT2D eigenvalue weighted by Crippen LogP contribution is -2.24. The first-order chi connectivity index (χ1) is 22.6. The molecule has 1 aliphatic heterocycles. The Morgan fingerprint density at radius 2 is 1.35 bits per heavy atom. The zero-order chi connectivity index (χ0) is 30.5. The van der Waals surface area contributed by atoms with Gasteiger partial charge in [-0.1, -0.05) is 72.8 Å². The minimum absolute atomic E-state index is 0.821. The van der Waals surface area contributed by atoms with Crippen molar-refractivity contribution in [2.24, 2.45) is 7.05 Å². The van der Waals surface area contributed by atoms with Gasteiger partial charge in [0.05, 0.1) is 40.1 Å². The number of para-hydroxylation sites is 3. The van der Waals surface area contributed by atoms with Crippen molar-refractivity contribution in [3.63, 3.8) is 0 Å². The number of nitrogens with zero attached hydrogens (tertiary/aromatic N) is 5. The van der Waals surface area contributed by atoms with Gasteiger partial charge in [0.15, 0.2) is 0 Å². The summed E-state index contributed by atoms with van der Waals surface area (Å²) < 4.78 is 4.67. The van der Waals surface area contributed by atoms with Crippen LogP contribution < -0.4 is 9.80 Å². The molecule has 0 saturated heterocycles. The summed E-state index contributed by atoms with van der Waals surface area (Å²) in [7, 11) is 4.30. The van der Waals surface area contributed by atoms with Crippen molar-refractivity contribution in [1.29, 1.82) is 0 Å². The Balaban J connectivity index is 1.14. The van der Waals surface area contributed by atoms with E-state index in [0.717, 1.165) is 35.7 Å². The number of hydrogen-bond acceptors (Lipinski definition) is 3. The fourth-order valence-corrected chi connectivity index (χ4v) is 7.87. The van der Waals surface area contributed by atoms with Crippen LogP contribution >= 0.6 is 0 Å². The van der Waals surface area contributed by atoms with Gasteiger partial charge >= 0.3 is 0 Å². The van der Waals surface area contributed by atoms with Crippen molar-refractivity contribution >= 4 is 49.9 Å². The van der Waals surface area contributed by atoms with Crippen LogP contribution in [0.25, 0.3) is 61.0 Å². The highest BCUT2D eigenvalue weighted by atomic mass is 15.4. The normalized spacial score (nSPS) is 13.6. The number of aryl methyl sites for hydroxylation is 1. The van der Waals surface area contributed by atoms with Crippen molar-refractivity contribution < 1.29 is 0 Å². The molecule has 220 valence electrons. The Labute approximate surface area is 267 Å². The number of imidazole rings is 1. The molecule has 2 aliphatic rings. The van der Waals surface area contributed by atoms with E-state index < -0.39 is 0 Å². The van der Waals surface area contributed by atoms with Crippen LogP contribution in [0.1, 0.15) is 11.1 Å². The molecule has 0 amide bonds. The molecule has 10 rings (SSSR count). The van der Waals surface area contributed by atoms with Gasteiger partial charge in [-0.05, 0) is 83.3 Å². The molecule has 8 aromatic rings. The summed E-state index contributed by atoms with van der Waals surface area (Å²) in [5, 5.41) is 2.49. The molecular weight excluding hydrogens is 562 g/mol. The van der Waals surface area contributed by atoms with Crippen LogP contribution in [0.5, 0.6) is 0 Å². The van der Waals surface area contributed by atoms with Gasteiger partial charge in [-0.3, -0.25) is 0 Å². The van der Waals surface area contributed by atoms with Crippen molar-refractivity contribution in [3.05, 3.63) is 139 Å². The number of benzene rings is 6. The minimum atomic E-state index is 0.821. The molecule has 0 N–H and O–H groups in total. The van der Waals surface area contributed by atoms with Crippen LogP contribution in [0.2, 0.25) is 0 Å². The predicted molar refractivity (Wildman–Crippen MR) is 191 cm³/mol. The molecule has 0 radical (unpaired) electrons. The van der Waals surface area contributed by atoms with Gasteiger partial charge in [0.1, 0.15) is 5.82 Å². The second-order valence-corrected chi connectivity index (χ2v) is 12.7. The first kappa shape index (κ1) is 25.5. The fourth-order valence-electron chi connectivity index (χ4n) is 7.87. The Kier molecular flexibility index (Phi) is 5.18. The summed E-state index contributed by atoms with van der Waals surface area (Å²) in [6.45, 7) is 0.821. The number of fused-ring (bicyclic) bond motifs is 8. The quantitative estimate of drug-likeness (QED) is 0.204. The molecule has 5 nitrogen and oxygen atoms in total. The van der Waals surface area contributed by atoms with Crippen molar-refractivity contribution in [2.45, 2.75) is 6.42 Å². The molecular formula is C41H31N5. The van der Waals surface area contributed by atoms with E-state index in [9.17, 15) is 0 Å². The minimum Gasteiger partial charge on any atom is -0.355 e. The molecule has 0 saturated carbocycles. The van der Waals surface area contributed by atoms with E-state index in [1.54, 1.807) is 0 Å². The van der Waals surface area contributed by atoms with Gasteiger partial charge in [0.2, 0.25) is 0 Å². The molecule has 0 unspecified atom stereocenters. The molecule has 3 heterocycles. The van der Waals surface area contributed by atoms with Crippen LogP contribution in [0, 0.1) is 0 Å². The lowest BCUT2D eigenvalue weighted by molar-refractivity contribution is 0.948. The Hall–Kier alpha value is -5.81. The largest absolute Gasteiger partial charge is 0.355 e. The summed E-state index contributed by atoms with van der Waals surface area (Å²) in [6, 6.07) is 46.5. The van der Waals surface area contributed by atoms with Crippen LogP contribution in [-0.2, 0) is 13.5 Å². The van der Waals surface area contributed by atoms with Crippen LogP contribution in [0.4, 0.5) is 17.1 Å². The predicted octanol–water partition coefficient (Wildman–Crippen LogP) is 9.45. The molecule has 46 heavy (non-hydrogen) atoms. The molecule has 0 fully saturated rings. The van der Waals surface area contributed by atoms with E-state index in [-0.39, 0.29) is 0 Å². The van der Waals surface area contributed by atoms with Crippen LogP contribution in [-0.4, -0.2) is 27.8 Å². The number of rotatable bonds is 3. The maximum atomic E-state index is 5.23. The van der Waals surface area contributed by atoms with E-state index in [1.807, 2.05) is 0 Å². The SMILES string of the molecule is CN1CN(c2cccc(-n3c4ccccc4c4ccc(-c5nc6cc7c(cc6n5C)Cc5ccccc5-7)cc43)c2)c2ccccc21.